The van der Waals surface area contributed by atoms with Crippen molar-refractivity contribution >= 4 is 26.7 Å². The fourth-order valence-electron chi connectivity index (χ4n) is 3.61. The lowest BCUT2D eigenvalue weighted by molar-refractivity contribution is 0.0979. The minimum atomic E-state index is -3.31. The molecule has 8 heteroatoms. The Morgan fingerprint density at radius 2 is 1.90 bits per heavy atom. The van der Waals surface area contributed by atoms with E-state index in [2.05, 4.69) is 15.2 Å². The third-order valence-electron chi connectivity index (χ3n) is 5.34. The van der Waals surface area contributed by atoms with Crippen LogP contribution in [0.25, 0.3) is 11.0 Å². The van der Waals surface area contributed by atoms with Gasteiger partial charge in [0.25, 0.3) is 0 Å². The summed E-state index contributed by atoms with van der Waals surface area (Å²) >= 11 is 0. The number of carbonyl (C=O) groups excluding carboxylic acids is 1. The minimum Gasteiger partial charge on any atom is -0.381 e. The number of hydrogen-bond acceptors (Lipinski definition) is 6. The van der Waals surface area contributed by atoms with Gasteiger partial charge in [0.1, 0.15) is 0 Å². The summed E-state index contributed by atoms with van der Waals surface area (Å²) in [5.74, 6) is 0.0410. The first-order valence-electron chi connectivity index (χ1n) is 9.77. The monoisotopic (exact) mass is 413 g/mol. The average molecular weight is 413 g/mol. The van der Waals surface area contributed by atoms with Gasteiger partial charge in [-0.25, -0.2) is 13.4 Å². The summed E-state index contributed by atoms with van der Waals surface area (Å²) < 4.78 is 30.7. The van der Waals surface area contributed by atoms with E-state index in [9.17, 15) is 13.2 Å². The number of hydrogen-bond donors (Lipinski definition) is 1. The van der Waals surface area contributed by atoms with Crippen molar-refractivity contribution < 1.29 is 17.9 Å². The molecule has 0 spiro atoms. The number of nitrogens with one attached hydrogen (secondary N) is 1. The van der Waals surface area contributed by atoms with Crippen LogP contribution in [-0.4, -0.2) is 47.8 Å². The Labute approximate surface area is 169 Å². The SMILES string of the molecule is O=C(CCCc1ccc(S(=O)(=O)C2CCOCC2)cc1)c1cnc2[nH]ncc2c1. The van der Waals surface area contributed by atoms with E-state index in [0.29, 0.717) is 61.4 Å². The van der Waals surface area contributed by atoms with Crippen LogP contribution in [0.15, 0.2) is 47.6 Å². The number of Topliss-reactive ketones (excluding diaryl/α,β-unsaturated/α-hetero) is 1. The van der Waals surface area contributed by atoms with Gasteiger partial charge in [-0.05, 0) is 49.4 Å². The molecule has 0 aliphatic carbocycles. The molecular weight excluding hydrogens is 390 g/mol. The highest BCUT2D eigenvalue weighted by Crippen LogP contribution is 2.24. The highest BCUT2D eigenvalue weighted by atomic mass is 32.2. The molecule has 0 radical (unpaired) electrons. The maximum Gasteiger partial charge on any atom is 0.181 e. The largest absolute Gasteiger partial charge is 0.381 e. The van der Waals surface area contributed by atoms with E-state index in [1.165, 1.54) is 0 Å². The van der Waals surface area contributed by atoms with E-state index in [4.69, 9.17) is 4.74 Å². The lowest BCUT2D eigenvalue weighted by Gasteiger charge is -2.22. The van der Waals surface area contributed by atoms with Crippen molar-refractivity contribution in [2.24, 2.45) is 0 Å². The lowest BCUT2D eigenvalue weighted by Crippen LogP contribution is -2.28. The predicted molar refractivity (Wildman–Crippen MR) is 109 cm³/mol. The second-order valence-corrected chi connectivity index (χ2v) is 9.54. The molecule has 29 heavy (non-hydrogen) atoms. The van der Waals surface area contributed by atoms with E-state index < -0.39 is 9.84 Å². The topological polar surface area (TPSA) is 102 Å². The summed E-state index contributed by atoms with van der Waals surface area (Å²) in [5.41, 5.74) is 2.27. The number of benzene rings is 1. The molecule has 3 heterocycles. The molecule has 0 saturated carbocycles. The summed E-state index contributed by atoms with van der Waals surface area (Å²) in [5, 5.41) is 7.13. The summed E-state index contributed by atoms with van der Waals surface area (Å²) in [6.07, 6.45) is 6.12. The second kappa shape index (κ2) is 8.42. The molecule has 3 aromatic rings. The minimum absolute atomic E-state index is 0.0410. The molecule has 0 unspecified atom stereocenters. The van der Waals surface area contributed by atoms with Crippen molar-refractivity contribution in [2.45, 2.75) is 42.2 Å². The number of H-pyrrole nitrogens is 1. The Bertz CT molecular complexity index is 1100. The zero-order chi connectivity index (χ0) is 20.3. The van der Waals surface area contributed by atoms with Gasteiger partial charge >= 0.3 is 0 Å². The van der Waals surface area contributed by atoms with Crippen molar-refractivity contribution in [3.8, 4) is 0 Å². The zero-order valence-corrected chi connectivity index (χ0v) is 16.8. The third-order valence-corrected chi connectivity index (χ3v) is 7.62. The van der Waals surface area contributed by atoms with Crippen molar-refractivity contribution in [3.05, 3.63) is 53.9 Å². The Morgan fingerprint density at radius 1 is 1.14 bits per heavy atom. The van der Waals surface area contributed by atoms with Crippen LogP contribution in [0.4, 0.5) is 0 Å². The van der Waals surface area contributed by atoms with Gasteiger partial charge in [-0.15, -0.1) is 0 Å². The first-order valence-corrected chi connectivity index (χ1v) is 11.3. The van der Waals surface area contributed by atoms with Gasteiger partial charge in [-0.2, -0.15) is 5.10 Å². The van der Waals surface area contributed by atoms with Gasteiger partial charge in [0.05, 0.1) is 16.3 Å². The number of aromatic nitrogens is 3. The number of rotatable bonds is 7. The fourth-order valence-corrected chi connectivity index (χ4v) is 5.32. The quantitative estimate of drug-likeness (QED) is 0.597. The molecule has 1 fully saturated rings. The van der Waals surface area contributed by atoms with Gasteiger partial charge in [0.2, 0.25) is 0 Å². The van der Waals surface area contributed by atoms with Crippen LogP contribution in [0.3, 0.4) is 0 Å². The molecule has 1 N–H and O–H groups in total. The number of nitrogens with zero attached hydrogens (tertiary/aromatic N) is 2. The molecule has 4 rings (SSSR count). The normalized spacial score (nSPS) is 15.6. The van der Waals surface area contributed by atoms with Crippen LogP contribution in [0, 0.1) is 0 Å². The van der Waals surface area contributed by atoms with Crippen LogP contribution in [0.1, 0.15) is 41.6 Å². The maximum absolute atomic E-state index is 12.7. The number of pyridine rings is 1. The van der Waals surface area contributed by atoms with Crippen molar-refractivity contribution in [1.82, 2.24) is 15.2 Å². The first kappa shape index (κ1) is 19.7. The molecule has 1 saturated heterocycles. The molecule has 152 valence electrons. The molecule has 2 aromatic heterocycles. The number of ether oxygens (including phenoxy) is 1. The van der Waals surface area contributed by atoms with Gasteiger partial charge < -0.3 is 4.74 Å². The van der Waals surface area contributed by atoms with E-state index in [1.807, 2.05) is 12.1 Å². The Kier molecular flexibility index (Phi) is 5.73. The van der Waals surface area contributed by atoms with Crippen LogP contribution in [0.5, 0.6) is 0 Å². The summed E-state index contributed by atoms with van der Waals surface area (Å²) in [6, 6.07) is 8.84. The Balaban J connectivity index is 1.33. The van der Waals surface area contributed by atoms with Gasteiger partial charge in [0, 0.05) is 36.8 Å². The molecule has 1 aromatic carbocycles. The summed E-state index contributed by atoms with van der Waals surface area (Å²) in [4.78, 5) is 17.0. The van der Waals surface area contributed by atoms with Crippen LogP contribution >= 0.6 is 0 Å². The Hall–Kier alpha value is -2.58. The number of sulfone groups is 1. The zero-order valence-electron chi connectivity index (χ0n) is 16.0. The van der Waals surface area contributed by atoms with Gasteiger partial charge in [-0.1, -0.05) is 12.1 Å². The number of aromatic amines is 1. The molecule has 1 aliphatic heterocycles. The fraction of sp³-hybridized carbons (Fsp3) is 0.381. The summed E-state index contributed by atoms with van der Waals surface area (Å²) in [7, 11) is -3.31. The molecule has 0 atom stereocenters. The second-order valence-electron chi connectivity index (χ2n) is 7.31. The van der Waals surface area contributed by atoms with E-state index in [1.54, 1.807) is 30.6 Å². The molecule has 7 nitrogen and oxygen atoms in total. The number of ketones is 1. The van der Waals surface area contributed by atoms with Crippen LogP contribution < -0.4 is 0 Å². The van der Waals surface area contributed by atoms with Crippen molar-refractivity contribution in [1.29, 1.82) is 0 Å². The van der Waals surface area contributed by atoms with Crippen molar-refractivity contribution in [3.63, 3.8) is 0 Å². The van der Waals surface area contributed by atoms with Crippen LogP contribution in [0.2, 0.25) is 0 Å². The Morgan fingerprint density at radius 3 is 2.66 bits per heavy atom. The summed E-state index contributed by atoms with van der Waals surface area (Å²) in [6.45, 7) is 0.998. The molecule has 0 bridgehead atoms. The predicted octanol–water partition coefficient (Wildman–Crippen LogP) is 3.12. The number of fused-ring (bicyclic) bond motifs is 1. The van der Waals surface area contributed by atoms with Crippen molar-refractivity contribution in [2.75, 3.05) is 13.2 Å². The van der Waals surface area contributed by atoms with Gasteiger partial charge in [-0.3, -0.25) is 9.89 Å². The van der Waals surface area contributed by atoms with Crippen LogP contribution in [-0.2, 0) is 21.0 Å². The molecule has 0 amide bonds. The van der Waals surface area contributed by atoms with E-state index in [0.717, 1.165) is 10.9 Å². The van der Waals surface area contributed by atoms with E-state index >= 15 is 0 Å². The smallest absolute Gasteiger partial charge is 0.181 e. The highest BCUT2D eigenvalue weighted by Gasteiger charge is 2.29. The number of carbonyl (C=O) groups is 1. The molecular formula is C21H23N3O4S. The molecule has 1 aliphatic rings. The number of aryl methyl sites for hydroxylation is 1. The standard InChI is InChI=1S/C21H23N3O4S/c25-20(16-12-17-14-23-24-21(17)22-13-16)3-1-2-15-4-6-18(7-5-15)29(26,27)19-8-10-28-11-9-19/h4-7,12-14,19H,1-3,8-11H2,(H,22,23,24). The maximum atomic E-state index is 12.7. The third kappa shape index (κ3) is 4.38. The van der Waals surface area contributed by atoms with E-state index in [-0.39, 0.29) is 11.0 Å². The average Bonchev–Trinajstić information content (AvgIpc) is 3.22. The lowest BCUT2D eigenvalue weighted by atomic mass is 10.0. The first-order chi connectivity index (χ1) is 14.0. The highest BCUT2D eigenvalue weighted by molar-refractivity contribution is 7.92. The van der Waals surface area contributed by atoms with Gasteiger partial charge in [0.15, 0.2) is 21.3 Å².